The molecule has 114 valence electrons. The van der Waals surface area contributed by atoms with Gasteiger partial charge in [0.15, 0.2) is 0 Å². The molecule has 6 heteroatoms. The van der Waals surface area contributed by atoms with Gasteiger partial charge in [-0.05, 0) is 32.6 Å². The lowest BCUT2D eigenvalue weighted by Gasteiger charge is -2.40. The second kappa shape index (κ2) is 5.99. The van der Waals surface area contributed by atoms with Crippen LogP contribution < -0.4 is 0 Å². The van der Waals surface area contributed by atoms with Crippen LogP contribution in [0.2, 0.25) is 0 Å². The second-order valence-electron chi connectivity index (χ2n) is 6.08. The third kappa shape index (κ3) is 3.06. The van der Waals surface area contributed by atoms with Crippen molar-refractivity contribution >= 4 is 12.0 Å². The topological polar surface area (TPSA) is 70.1 Å². The highest BCUT2D eigenvalue weighted by molar-refractivity contribution is 5.77. The largest absolute Gasteiger partial charge is 0.481 e. The van der Waals surface area contributed by atoms with E-state index in [1.165, 1.54) is 0 Å². The summed E-state index contributed by atoms with van der Waals surface area (Å²) in [5, 5.41) is 9.21. The zero-order valence-electron chi connectivity index (χ0n) is 12.3. The van der Waals surface area contributed by atoms with Crippen molar-refractivity contribution in [3.63, 3.8) is 0 Å². The standard InChI is InChI=1S/C14H24N2O4/c1-14(12(17)18)5-8-15(9-6-14)13(19)16-7-3-4-11(10-16)20-2/h11H,3-10H2,1-2H3,(H,17,18). The average Bonchev–Trinajstić information content (AvgIpc) is 2.47. The van der Waals surface area contributed by atoms with E-state index in [4.69, 9.17) is 4.74 Å². The second-order valence-corrected chi connectivity index (χ2v) is 6.08. The van der Waals surface area contributed by atoms with Crippen molar-refractivity contribution in [1.29, 1.82) is 0 Å². The lowest BCUT2D eigenvalue weighted by molar-refractivity contribution is -0.150. The first-order valence-electron chi connectivity index (χ1n) is 7.26. The number of hydrogen-bond donors (Lipinski definition) is 1. The number of likely N-dealkylation sites (tertiary alicyclic amines) is 2. The minimum absolute atomic E-state index is 0.0270. The molecule has 0 spiro atoms. The molecule has 0 aromatic rings. The summed E-state index contributed by atoms with van der Waals surface area (Å²) in [6.45, 7) is 4.22. The first kappa shape index (κ1) is 15.1. The van der Waals surface area contributed by atoms with Crippen LogP contribution in [0.25, 0.3) is 0 Å². The number of carboxylic acid groups (broad SMARTS) is 1. The van der Waals surface area contributed by atoms with Crippen LogP contribution in [0.5, 0.6) is 0 Å². The molecule has 0 bridgehead atoms. The number of carbonyl (C=O) groups is 2. The maximum Gasteiger partial charge on any atom is 0.320 e. The predicted octanol–water partition coefficient (Wildman–Crippen LogP) is 1.40. The summed E-state index contributed by atoms with van der Waals surface area (Å²) < 4.78 is 5.33. The van der Waals surface area contributed by atoms with E-state index in [0.29, 0.717) is 32.5 Å². The van der Waals surface area contributed by atoms with Gasteiger partial charge in [0.05, 0.1) is 11.5 Å². The van der Waals surface area contributed by atoms with Crippen LogP contribution in [0, 0.1) is 5.41 Å². The van der Waals surface area contributed by atoms with Gasteiger partial charge in [-0.1, -0.05) is 0 Å². The molecule has 0 saturated carbocycles. The monoisotopic (exact) mass is 284 g/mol. The van der Waals surface area contributed by atoms with Gasteiger partial charge in [0.1, 0.15) is 0 Å². The molecular formula is C14H24N2O4. The number of urea groups is 1. The number of carboxylic acids is 1. The molecule has 20 heavy (non-hydrogen) atoms. The van der Waals surface area contributed by atoms with E-state index in [2.05, 4.69) is 0 Å². The summed E-state index contributed by atoms with van der Waals surface area (Å²) in [5.41, 5.74) is -0.687. The fourth-order valence-corrected chi connectivity index (χ4v) is 2.91. The first-order valence-corrected chi connectivity index (χ1v) is 7.26. The molecule has 0 aromatic carbocycles. The Morgan fingerprint density at radius 2 is 1.85 bits per heavy atom. The lowest BCUT2D eigenvalue weighted by Crippen LogP contribution is -2.53. The van der Waals surface area contributed by atoms with Crippen molar-refractivity contribution in [2.24, 2.45) is 5.41 Å². The van der Waals surface area contributed by atoms with Crippen LogP contribution >= 0.6 is 0 Å². The van der Waals surface area contributed by atoms with Crippen LogP contribution in [-0.2, 0) is 9.53 Å². The predicted molar refractivity (Wildman–Crippen MR) is 73.5 cm³/mol. The molecule has 1 atom stereocenters. The summed E-state index contributed by atoms with van der Waals surface area (Å²) in [6, 6.07) is 0.0270. The minimum Gasteiger partial charge on any atom is -0.481 e. The zero-order valence-corrected chi connectivity index (χ0v) is 12.3. The van der Waals surface area contributed by atoms with Crippen LogP contribution in [0.1, 0.15) is 32.6 Å². The van der Waals surface area contributed by atoms with Gasteiger partial charge in [-0.2, -0.15) is 0 Å². The molecule has 2 heterocycles. The quantitative estimate of drug-likeness (QED) is 0.832. The van der Waals surface area contributed by atoms with Crippen LogP contribution in [0.3, 0.4) is 0 Å². The molecule has 1 N–H and O–H groups in total. The third-order valence-electron chi connectivity index (χ3n) is 4.64. The number of rotatable bonds is 2. The van der Waals surface area contributed by atoms with E-state index < -0.39 is 11.4 Å². The number of hydrogen-bond acceptors (Lipinski definition) is 3. The summed E-state index contributed by atoms with van der Waals surface area (Å²) in [4.78, 5) is 27.3. The zero-order chi connectivity index (χ0) is 14.8. The Morgan fingerprint density at radius 1 is 1.20 bits per heavy atom. The van der Waals surface area contributed by atoms with Gasteiger partial charge in [-0.3, -0.25) is 4.79 Å². The smallest absolute Gasteiger partial charge is 0.320 e. The van der Waals surface area contributed by atoms with E-state index in [0.717, 1.165) is 19.4 Å². The highest BCUT2D eigenvalue weighted by Gasteiger charge is 2.39. The van der Waals surface area contributed by atoms with Crippen LogP contribution in [0.15, 0.2) is 0 Å². The SMILES string of the molecule is COC1CCCN(C(=O)N2CCC(C)(C(=O)O)CC2)C1. The first-order chi connectivity index (χ1) is 9.46. The fraction of sp³-hybridized carbons (Fsp3) is 0.857. The third-order valence-corrected chi connectivity index (χ3v) is 4.64. The molecule has 0 aliphatic carbocycles. The van der Waals surface area contributed by atoms with Gasteiger partial charge in [0.25, 0.3) is 0 Å². The summed E-state index contributed by atoms with van der Waals surface area (Å²) in [7, 11) is 1.68. The van der Waals surface area contributed by atoms with Crippen molar-refractivity contribution in [3.05, 3.63) is 0 Å². The van der Waals surface area contributed by atoms with Gasteiger partial charge in [0, 0.05) is 33.3 Å². The number of methoxy groups -OCH3 is 1. The molecule has 2 saturated heterocycles. The van der Waals surface area contributed by atoms with Crippen molar-refractivity contribution < 1.29 is 19.4 Å². The Labute approximate surface area is 119 Å². The Bertz CT molecular complexity index is 377. The average molecular weight is 284 g/mol. The van der Waals surface area contributed by atoms with Gasteiger partial charge >= 0.3 is 12.0 Å². The van der Waals surface area contributed by atoms with Crippen molar-refractivity contribution in [3.8, 4) is 0 Å². The summed E-state index contributed by atoms with van der Waals surface area (Å²) in [5.74, 6) is -0.762. The Morgan fingerprint density at radius 3 is 2.40 bits per heavy atom. The van der Waals surface area contributed by atoms with Crippen molar-refractivity contribution in [1.82, 2.24) is 9.80 Å². The van der Waals surface area contributed by atoms with E-state index in [9.17, 15) is 14.7 Å². The molecule has 2 aliphatic heterocycles. The molecule has 1 unspecified atom stereocenters. The normalized spacial score (nSPS) is 26.4. The van der Waals surface area contributed by atoms with Crippen LogP contribution in [-0.4, -0.2) is 66.3 Å². The number of nitrogens with zero attached hydrogens (tertiary/aromatic N) is 2. The molecular weight excluding hydrogens is 260 g/mol. The summed E-state index contributed by atoms with van der Waals surface area (Å²) >= 11 is 0. The van der Waals surface area contributed by atoms with E-state index in [-0.39, 0.29) is 12.1 Å². The number of ether oxygens (including phenoxy) is 1. The molecule has 0 radical (unpaired) electrons. The molecule has 0 aromatic heterocycles. The van der Waals surface area contributed by atoms with Crippen molar-refractivity contribution in [2.75, 3.05) is 33.3 Å². The lowest BCUT2D eigenvalue weighted by atomic mass is 9.80. The Balaban J connectivity index is 1.90. The molecule has 2 rings (SSSR count). The minimum atomic E-state index is -0.762. The maximum absolute atomic E-state index is 12.4. The van der Waals surface area contributed by atoms with E-state index in [1.807, 2.05) is 4.90 Å². The fourth-order valence-electron chi connectivity index (χ4n) is 2.91. The Hall–Kier alpha value is -1.30. The molecule has 6 nitrogen and oxygen atoms in total. The number of amides is 2. The van der Waals surface area contributed by atoms with Gasteiger partial charge in [-0.15, -0.1) is 0 Å². The van der Waals surface area contributed by atoms with Gasteiger partial charge < -0.3 is 19.6 Å². The van der Waals surface area contributed by atoms with E-state index in [1.54, 1.807) is 18.9 Å². The number of carbonyl (C=O) groups excluding carboxylic acids is 1. The molecule has 2 amide bonds. The highest BCUT2D eigenvalue weighted by atomic mass is 16.5. The van der Waals surface area contributed by atoms with Crippen LogP contribution in [0.4, 0.5) is 4.79 Å². The number of aliphatic carboxylic acids is 1. The number of piperidine rings is 2. The van der Waals surface area contributed by atoms with E-state index >= 15 is 0 Å². The maximum atomic E-state index is 12.4. The molecule has 2 aliphatic rings. The van der Waals surface area contributed by atoms with Gasteiger partial charge in [-0.25, -0.2) is 4.79 Å². The Kier molecular flexibility index (Phi) is 4.52. The molecule has 2 fully saturated rings. The summed E-state index contributed by atoms with van der Waals surface area (Å²) in [6.07, 6.45) is 3.13. The van der Waals surface area contributed by atoms with Crippen molar-refractivity contribution in [2.45, 2.75) is 38.7 Å². The highest BCUT2D eigenvalue weighted by Crippen LogP contribution is 2.31. The van der Waals surface area contributed by atoms with Gasteiger partial charge in [0.2, 0.25) is 0 Å².